The van der Waals surface area contributed by atoms with Crippen LogP contribution < -0.4 is 0 Å². The van der Waals surface area contributed by atoms with Crippen molar-refractivity contribution in [3.05, 3.63) is 163 Å². The number of para-hydroxylation sites is 2. The molecule has 0 amide bonds. The first kappa shape index (κ1) is 39.1. The third-order valence-electron chi connectivity index (χ3n) is 11.4. The topological polar surface area (TPSA) is 77.0 Å². The Morgan fingerprint density at radius 3 is 2.15 bits per heavy atom. The molecule has 60 heavy (non-hydrogen) atoms. The summed E-state index contributed by atoms with van der Waals surface area (Å²) in [6.07, 6.45) is 5.55. The zero-order chi connectivity index (χ0) is 40.6. The SMILES string of the molecule is CC(C)(C)c1ccc(-n2c(-c3[c-]c(-c4cc(C(C)(C)C)cc5cccnc45)cnc3)nc3c(-c4cc5c(cc4O)oc4ccccc45)cccc32)c(-c2ccccc2)c1.[Pt]. The molecular weight excluding hydrogens is 920 g/mol. The molecule has 0 atom stereocenters. The molecule has 0 fully saturated rings. The van der Waals surface area contributed by atoms with Crippen molar-refractivity contribution in [2.75, 3.05) is 0 Å². The van der Waals surface area contributed by atoms with Gasteiger partial charge in [-0.05, 0) is 81.7 Å². The van der Waals surface area contributed by atoms with Gasteiger partial charge in [0.05, 0.1) is 16.9 Å². The number of hydrogen-bond donors (Lipinski definition) is 1. The van der Waals surface area contributed by atoms with E-state index in [2.05, 4.69) is 119 Å². The van der Waals surface area contributed by atoms with Crippen LogP contribution in [0.3, 0.4) is 0 Å². The van der Waals surface area contributed by atoms with Crippen molar-refractivity contribution in [3.63, 3.8) is 0 Å². The number of phenols is 1. The van der Waals surface area contributed by atoms with Crippen molar-refractivity contribution in [1.29, 1.82) is 0 Å². The van der Waals surface area contributed by atoms with Gasteiger partial charge in [-0.15, -0.1) is 6.07 Å². The number of pyridine rings is 2. The summed E-state index contributed by atoms with van der Waals surface area (Å²) in [6.45, 7) is 13.4. The molecule has 10 rings (SSSR count). The molecule has 0 spiro atoms. The molecule has 7 heteroatoms. The van der Waals surface area contributed by atoms with Gasteiger partial charge in [0.25, 0.3) is 0 Å². The zero-order valence-electron chi connectivity index (χ0n) is 34.3. The van der Waals surface area contributed by atoms with E-state index in [0.717, 1.165) is 77.4 Å². The minimum absolute atomic E-state index is 0. The first-order valence-electron chi connectivity index (χ1n) is 20.1. The van der Waals surface area contributed by atoms with Gasteiger partial charge in [-0.3, -0.25) is 9.97 Å². The van der Waals surface area contributed by atoms with Gasteiger partial charge in [-0.2, -0.15) is 0 Å². The second-order valence-electron chi connectivity index (χ2n) is 17.5. The monoisotopic (exact) mass is 962 g/mol. The van der Waals surface area contributed by atoms with Crippen LogP contribution in [-0.2, 0) is 31.9 Å². The maximum atomic E-state index is 11.7. The van der Waals surface area contributed by atoms with E-state index in [0.29, 0.717) is 17.0 Å². The summed E-state index contributed by atoms with van der Waals surface area (Å²) in [5, 5.41) is 14.7. The fourth-order valence-corrected chi connectivity index (χ4v) is 8.24. The molecule has 0 bridgehead atoms. The van der Waals surface area contributed by atoms with E-state index in [-0.39, 0.29) is 37.6 Å². The normalized spacial score (nSPS) is 12.1. The van der Waals surface area contributed by atoms with Gasteiger partial charge in [0.1, 0.15) is 16.9 Å². The van der Waals surface area contributed by atoms with Crippen LogP contribution in [0, 0.1) is 6.07 Å². The molecule has 4 heterocycles. The van der Waals surface area contributed by atoms with Gasteiger partial charge in [0.15, 0.2) is 0 Å². The van der Waals surface area contributed by atoms with Crippen molar-refractivity contribution in [1.82, 2.24) is 19.5 Å². The number of phenolic OH excluding ortho intramolecular Hbond substituents is 1. The second kappa shape index (κ2) is 14.7. The fraction of sp³-hybridized carbons (Fsp3) is 0.151. The predicted molar refractivity (Wildman–Crippen MR) is 241 cm³/mol. The first-order chi connectivity index (χ1) is 28.4. The zero-order valence-corrected chi connectivity index (χ0v) is 36.6. The van der Waals surface area contributed by atoms with Gasteiger partial charge in [-0.25, -0.2) is 0 Å². The third kappa shape index (κ3) is 6.69. The number of aromatic nitrogens is 4. The van der Waals surface area contributed by atoms with Gasteiger partial charge >= 0.3 is 0 Å². The maximum absolute atomic E-state index is 11.7. The second-order valence-corrected chi connectivity index (χ2v) is 17.5. The van der Waals surface area contributed by atoms with Crippen LogP contribution in [0.4, 0.5) is 0 Å². The van der Waals surface area contributed by atoms with E-state index in [1.54, 1.807) is 6.07 Å². The molecule has 10 aromatic rings. The quantitative estimate of drug-likeness (QED) is 0.174. The molecular formula is C53H43N4O2Pt-. The Labute approximate surface area is 363 Å². The van der Waals surface area contributed by atoms with Gasteiger partial charge in [0, 0.05) is 72.0 Å². The molecule has 0 aliphatic carbocycles. The van der Waals surface area contributed by atoms with Crippen LogP contribution in [0.1, 0.15) is 52.7 Å². The van der Waals surface area contributed by atoms with Crippen molar-refractivity contribution in [2.45, 2.75) is 52.4 Å². The Morgan fingerprint density at radius 2 is 1.35 bits per heavy atom. The molecule has 4 aromatic heterocycles. The smallest absolute Gasteiger partial charge is 0.139 e. The van der Waals surface area contributed by atoms with Gasteiger partial charge in [-0.1, -0.05) is 143 Å². The van der Waals surface area contributed by atoms with E-state index in [1.165, 1.54) is 11.1 Å². The van der Waals surface area contributed by atoms with Crippen molar-refractivity contribution in [3.8, 4) is 56.2 Å². The molecule has 1 N–H and O–H groups in total. The summed E-state index contributed by atoms with van der Waals surface area (Å²) < 4.78 is 8.38. The molecule has 0 saturated carbocycles. The number of nitrogens with zero attached hydrogens (tertiary/aromatic N) is 4. The Hall–Kier alpha value is -6.36. The summed E-state index contributed by atoms with van der Waals surface area (Å²) in [7, 11) is 0. The molecule has 6 aromatic carbocycles. The van der Waals surface area contributed by atoms with Crippen LogP contribution in [0.15, 0.2) is 150 Å². The van der Waals surface area contributed by atoms with Gasteiger partial charge < -0.3 is 19.1 Å². The maximum Gasteiger partial charge on any atom is 0.139 e. The number of aromatic hydroxyl groups is 1. The average molecular weight is 963 g/mol. The molecule has 0 aliphatic rings. The summed E-state index contributed by atoms with van der Waals surface area (Å²) in [5.41, 5.74) is 13.4. The van der Waals surface area contributed by atoms with E-state index < -0.39 is 0 Å². The van der Waals surface area contributed by atoms with Crippen LogP contribution >= 0.6 is 0 Å². The van der Waals surface area contributed by atoms with Crippen molar-refractivity contribution >= 4 is 43.9 Å². The van der Waals surface area contributed by atoms with E-state index in [9.17, 15) is 5.11 Å². The van der Waals surface area contributed by atoms with Crippen molar-refractivity contribution in [2.24, 2.45) is 0 Å². The van der Waals surface area contributed by atoms with Crippen LogP contribution in [-0.4, -0.2) is 24.6 Å². The molecule has 0 aliphatic heterocycles. The third-order valence-corrected chi connectivity index (χ3v) is 11.4. The molecule has 6 nitrogen and oxygen atoms in total. The number of fused-ring (bicyclic) bond motifs is 5. The number of hydrogen-bond acceptors (Lipinski definition) is 5. The predicted octanol–water partition coefficient (Wildman–Crippen LogP) is 13.6. The molecule has 0 unspecified atom stereocenters. The van der Waals surface area contributed by atoms with E-state index in [4.69, 9.17) is 19.4 Å². The number of imidazole rings is 1. The molecule has 298 valence electrons. The Kier molecular flexibility index (Phi) is 9.60. The Balaban J connectivity index is 0.00000462. The average Bonchev–Trinajstić information content (AvgIpc) is 3.81. The van der Waals surface area contributed by atoms with Crippen LogP contribution in [0.25, 0.3) is 94.3 Å². The standard InChI is InChI=1S/C53H43N4O2.Pt/c1-52(2,3)36-21-22-44(40(26-36)32-14-8-7-9-15-32)57-45-19-12-18-39(42-28-43-38-17-10-11-20-47(38)59-48(43)29-46(42)58)50(45)56-51(57)35-24-34(30-54-31-35)41-27-37(53(4,5)6)25-33-16-13-23-55-49(33)41;/h7-23,25-31,58H,1-6H3;/q-1;. The van der Waals surface area contributed by atoms with Crippen LogP contribution in [0.5, 0.6) is 5.75 Å². The Morgan fingerprint density at radius 1 is 0.600 bits per heavy atom. The first-order valence-corrected chi connectivity index (χ1v) is 20.1. The summed E-state index contributed by atoms with van der Waals surface area (Å²) in [4.78, 5) is 15.2. The number of furan rings is 1. The van der Waals surface area contributed by atoms with E-state index >= 15 is 0 Å². The van der Waals surface area contributed by atoms with E-state index in [1.807, 2.05) is 73.2 Å². The summed E-state index contributed by atoms with van der Waals surface area (Å²) >= 11 is 0. The van der Waals surface area contributed by atoms with Gasteiger partial charge in [0.2, 0.25) is 0 Å². The largest absolute Gasteiger partial charge is 0.507 e. The number of benzene rings is 6. The Bertz CT molecular complexity index is 3260. The molecule has 0 radical (unpaired) electrons. The molecule has 0 saturated heterocycles. The minimum atomic E-state index is -0.0847. The van der Waals surface area contributed by atoms with Crippen LogP contribution in [0.2, 0.25) is 0 Å². The fourth-order valence-electron chi connectivity index (χ4n) is 8.24. The summed E-state index contributed by atoms with van der Waals surface area (Å²) in [5.74, 6) is 0.800. The van der Waals surface area contributed by atoms with Crippen molar-refractivity contribution < 1.29 is 30.6 Å². The minimum Gasteiger partial charge on any atom is -0.507 e. The summed E-state index contributed by atoms with van der Waals surface area (Å²) in [6, 6.07) is 47.5. The number of rotatable bonds is 5.